The molecule has 2 aromatic rings. The number of benzene rings is 1. The van der Waals surface area contributed by atoms with Crippen molar-refractivity contribution in [2.45, 2.75) is 18.9 Å². The summed E-state index contributed by atoms with van der Waals surface area (Å²) in [4.78, 5) is 14.5. The first kappa shape index (κ1) is 12.0. The standard InChI is InChI=1S/C15H17N3O/c1-17-11-13(10-16-17)15(19)18-9-5-8-14(18)12-6-3-2-4-7-12/h2-4,6-7,10-11,14H,5,8-9H2,1H3. The van der Waals surface area contributed by atoms with Crippen molar-refractivity contribution in [2.24, 2.45) is 7.05 Å². The van der Waals surface area contributed by atoms with Gasteiger partial charge in [-0.3, -0.25) is 9.48 Å². The van der Waals surface area contributed by atoms with E-state index < -0.39 is 0 Å². The molecule has 3 rings (SSSR count). The van der Waals surface area contributed by atoms with E-state index in [1.807, 2.05) is 30.1 Å². The van der Waals surface area contributed by atoms with Crippen LogP contribution >= 0.6 is 0 Å². The smallest absolute Gasteiger partial charge is 0.257 e. The van der Waals surface area contributed by atoms with E-state index in [9.17, 15) is 4.79 Å². The van der Waals surface area contributed by atoms with E-state index in [4.69, 9.17) is 0 Å². The molecule has 1 aromatic heterocycles. The van der Waals surface area contributed by atoms with Crippen LogP contribution in [0.15, 0.2) is 42.7 Å². The quantitative estimate of drug-likeness (QED) is 0.826. The number of carbonyl (C=O) groups is 1. The number of aromatic nitrogens is 2. The van der Waals surface area contributed by atoms with Crippen LogP contribution in [-0.2, 0) is 7.05 Å². The van der Waals surface area contributed by atoms with E-state index >= 15 is 0 Å². The van der Waals surface area contributed by atoms with Gasteiger partial charge in [-0.05, 0) is 18.4 Å². The lowest BCUT2D eigenvalue weighted by molar-refractivity contribution is 0.0735. The Morgan fingerprint density at radius 1 is 1.32 bits per heavy atom. The summed E-state index contributed by atoms with van der Waals surface area (Å²) in [6.45, 7) is 0.827. The molecular formula is C15H17N3O. The minimum absolute atomic E-state index is 0.0828. The average Bonchev–Trinajstić information content (AvgIpc) is 3.07. The molecule has 0 radical (unpaired) electrons. The van der Waals surface area contributed by atoms with Crippen LogP contribution in [-0.4, -0.2) is 27.1 Å². The molecule has 4 heteroatoms. The summed E-state index contributed by atoms with van der Waals surface area (Å²) < 4.78 is 1.67. The minimum atomic E-state index is 0.0828. The molecule has 0 bridgehead atoms. The normalized spacial score (nSPS) is 18.8. The maximum absolute atomic E-state index is 12.5. The summed E-state index contributed by atoms with van der Waals surface area (Å²) >= 11 is 0. The first-order valence-electron chi connectivity index (χ1n) is 6.60. The Kier molecular flexibility index (Phi) is 3.07. The largest absolute Gasteiger partial charge is 0.332 e. The summed E-state index contributed by atoms with van der Waals surface area (Å²) in [5.41, 5.74) is 1.89. The number of amides is 1. The third kappa shape index (κ3) is 2.26. The van der Waals surface area contributed by atoms with Crippen LogP contribution in [0.25, 0.3) is 0 Å². The Balaban J connectivity index is 1.86. The van der Waals surface area contributed by atoms with Gasteiger partial charge >= 0.3 is 0 Å². The van der Waals surface area contributed by atoms with E-state index in [1.54, 1.807) is 17.1 Å². The van der Waals surface area contributed by atoms with Gasteiger partial charge in [0.25, 0.3) is 5.91 Å². The first-order valence-corrected chi connectivity index (χ1v) is 6.60. The molecule has 19 heavy (non-hydrogen) atoms. The second kappa shape index (κ2) is 4.88. The number of aryl methyl sites for hydroxylation is 1. The van der Waals surface area contributed by atoms with Crippen LogP contribution in [0.4, 0.5) is 0 Å². The lowest BCUT2D eigenvalue weighted by atomic mass is 10.0. The molecule has 98 valence electrons. The first-order chi connectivity index (χ1) is 9.25. The van der Waals surface area contributed by atoms with Crippen molar-refractivity contribution in [3.63, 3.8) is 0 Å². The van der Waals surface area contributed by atoms with Crippen LogP contribution in [0, 0.1) is 0 Å². The molecule has 1 aromatic carbocycles. The van der Waals surface area contributed by atoms with Gasteiger partial charge in [-0.2, -0.15) is 5.10 Å². The van der Waals surface area contributed by atoms with Crippen molar-refractivity contribution >= 4 is 5.91 Å². The Morgan fingerprint density at radius 3 is 2.79 bits per heavy atom. The van der Waals surface area contributed by atoms with Gasteiger partial charge in [0.15, 0.2) is 0 Å². The molecule has 4 nitrogen and oxygen atoms in total. The number of carbonyl (C=O) groups excluding carboxylic acids is 1. The van der Waals surface area contributed by atoms with Crippen molar-refractivity contribution in [3.05, 3.63) is 53.9 Å². The van der Waals surface area contributed by atoms with E-state index in [0.717, 1.165) is 19.4 Å². The van der Waals surface area contributed by atoms with E-state index in [-0.39, 0.29) is 11.9 Å². The van der Waals surface area contributed by atoms with Gasteiger partial charge < -0.3 is 4.90 Å². The molecule has 0 aliphatic carbocycles. The fourth-order valence-electron chi connectivity index (χ4n) is 2.73. The highest BCUT2D eigenvalue weighted by Gasteiger charge is 2.30. The van der Waals surface area contributed by atoms with Gasteiger partial charge in [0.1, 0.15) is 0 Å². The van der Waals surface area contributed by atoms with Crippen LogP contribution in [0.2, 0.25) is 0 Å². The van der Waals surface area contributed by atoms with Gasteiger partial charge in [-0.1, -0.05) is 30.3 Å². The van der Waals surface area contributed by atoms with Crippen LogP contribution in [0.3, 0.4) is 0 Å². The van der Waals surface area contributed by atoms with Crippen LogP contribution < -0.4 is 0 Å². The third-order valence-electron chi connectivity index (χ3n) is 3.65. The molecule has 1 amide bonds. The number of hydrogen-bond acceptors (Lipinski definition) is 2. The summed E-state index contributed by atoms with van der Waals surface area (Å²) in [5.74, 6) is 0.0828. The molecule has 0 N–H and O–H groups in total. The van der Waals surface area contributed by atoms with E-state index in [0.29, 0.717) is 5.56 Å². The van der Waals surface area contributed by atoms with Crippen molar-refractivity contribution in [2.75, 3.05) is 6.54 Å². The summed E-state index contributed by atoms with van der Waals surface area (Å²) in [7, 11) is 1.83. The number of rotatable bonds is 2. The van der Waals surface area contributed by atoms with Crippen molar-refractivity contribution in [3.8, 4) is 0 Å². The molecule has 1 saturated heterocycles. The SMILES string of the molecule is Cn1cc(C(=O)N2CCCC2c2ccccc2)cn1. The summed E-state index contributed by atoms with van der Waals surface area (Å²) in [6.07, 6.45) is 5.52. The maximum Gasteiger partial charge on any atom is 0.257 e. The second-order valence-corrected chi connectivity index (χ2v) is 4.97. The Labute approximate surface area is 112 Å². The van der Waals surface area contributed by atoms with Crippen molar-refractivity contribution < 1.29 is 4.79 Å². The Bertz CT molecular complexity index is 576. The zero-order valence-corrected chi connectivity index (χ0v) is 11.0. The molecule has 0 saturated carbocycles. The monoisotopic (exact) mass is 255 g/mol. The van der Waals surface area contributed by atoms with E-state index in [1.165, 1.54) is 5.56 Å². The van der Waals surface area contributed by atoms with Gasteiger partial charge in [-0.15, -0.1) is 0 Å². The van der Waals surface area contributed by atoms with Gasteiger partial charge in [-0.25, -0.2) is 0 Å². The fourth-order valence-corrected chi connectivity index (χ4v) is 2.73. The van der Waals surface area contributed by atoms with Gasteiger partial charge in [0.05, 0.1) is 17.8 Å². The highest BCUT2D eigenvalue weighted by Crippen LogP contribution is 2.32. The summed E-state index contributed by atoms with van der Waals surface area (Å²) in [5, 5.41) is 4.08. The maximum atomic E-state index is 12.5. The molecule has 1 unspecified atom stereocenters. The number of nitrogens with zero attached hydrogens (tertiary/aromatic N) is 3. The fraction of sp³-hybridized carbons (Fsp3) is 0.333. The molecule has 0 spiro atoms. The van der Waals surface area contributed by atoms with Gasteiger partial charge in [0, 0.05) is 19.8 Å². The molecule has 2 heterocycles. The number of likely N-dealkylation sites (tertiary alicyclic amines) is 1. The van der Waals surface area contributed by atoms with Gasteiger partial charge in [0.2, 0.25) is 0 Å². The Morgan fingerprint density at radius 2 is 2.11 bits per heavy atom. The predicted molar refractivity (Wildman–Crippen MR) is 72.7 cm³/mol. The summed E-state index contributed by atoms with van der Waals surface area (Å²) in [6, 6.07) is 10.5. The highest BCUT2D eigenvalue weighted by molar-refractivity contribution is 5.94. The highest BCUT2D eigenvalue weighted by atomic mass is 16.2. The third-order valence-corrected chi connectivity index (χ3v) is 3.65. The topological polar surface area (TPSA) is 38.1 Å². The van der Waals surface area contributed by atoms with Crippen molar-refractivity contribution in [1.82, 2.24) is 14.7 Å². The van der Waals surface area contributed by atoms with Crippen LogP contribution in [0.1, 0.15) is 34.8 Å². The second-order valence-electron chi connectivity index (χ2n) is 4.97. The molecule has 1 aliphatic rings. The van der Waals surface area contributed by atoms with Crippen molar-refractivity contribution in [1.29, 1.82) is 0 Å². The molecular weight excluding hydrogens is 238 g/mol. The predicted octanol–water partition coefficient (Wildman–Crippen LogP) is 2.40. The number of hydrogen-bond donors (Lipinski definition) is 0. The lowest BCUT2D eigenvalue weighted by Gasteiger charge is -2.24. The molecule has 1 aliphatic heterocycles. The zero-order chi connectivity index (χ0) is 13.2. The zero-order valence-electron chi connectivity index (χ0n) is 11.0. The Hall–Kier alpha value is -2.10. The minimum Gasteiger partial charge on any atom is -0.332 e. The lowest BCUT2D eigenvalue weighted by Crippen LogP contribution is -2.30. The average molecular weight is 255 g/mol. The van der Waals surface area contributed by atoms with E-state index in [2.05, 4.69) is 17.2 Å². The molecule has 1 atom stereocenters. The molecule has 1 fully saturated rings. The van der Waals surface area contributed by atoms with Crippen LogP contribution in [0.5, 0.6) is 0 Å².